The van der Waals surface area contributed by atoms with Crippen LogP contribution in [0.25, 0.3) is 0 Å². The van der Waals surface area contributed by atoms with Crippen molar-refractivity contribution in [3.8, 4) is 11.5 Å². The SMILES string of the molecule is CCCC1=C(C(=O)OC)C(c2cc(Cl)c(OCC)c(OCC)c2)NC(=O)N1. The van der Waals surface area contributed by atoms with Gasteiger partial charge in [0.1, 0.15) is 0 Å². The lowest BCUT2D eigenvalue weighted by atomic mass is 9.93. The molecule has 27 heavy (non-hydrogen) atoms. The van der Waals surface area contributed by atoms with E-state index in [2.05, 4.69) is 10.6 Å². The number of carbonyl (C=O) groups excluding carboxylic acids is 2. The average Bonchev–Trinajstić information content (AvgIpc) is 2.63. The molecule has 8 heteroatoms. The Morgan fingerprint density at radius 1 is 1.19 bits per heavy atom. The molecule has 2 amide bonds. The third-order valence-electron chi connectivity index (χ3n) is 4.01. The van der Waals surface area contributed by atoms with Crippen LogP contribution in [0.15, 0.2) is 23.4 Å². The highest BCUT2D eigenvalue weighted by Gasteiger charge is 2.34. The van der Waals surface area contributed by atoms with Gasteiger partial charge in [0.05, 0.1) is 37.0 Å². The van der Waals surface area contributed by atoms with Crippen LogP contribution in [-0.2, 0) is 9.53 Å². The van der Waals surface area contributed by atoms with Gasteiger partial charge in [0.25, 0.3) is 0 Å². The minimum atomic E-state index is -0.708. The third kappa shape index (κ3) is 4.66. The fraction of sp³-hybridized carbons (Fsp3) is 0.474. The number of amides is 2. The number of esters is 1. The van der Waals surface area contributed by atoms with E-state index in [1.54, 1.807) is 12.1 Å². The molecule has 0 saturated heterocycles. The number of hydrogen-bond donors (Lipinski definition) is 2. The fourth-order valence-corrected chi connectivity index (χ4v) is 3.24. The lowest BCUT2D eigenvalue weighted by Crippen LogP contribution is -2.45. The average molecular weight is 397 g/mol. The highest BCUT2D eigenvalue weighted by molar-refractivity contribution is 6.32. The van der Waals surface area contributed by atoms with Gasteiger partial charge in [-0.05, 0) is 38.0 Å². The molecule has 2 rings (SSSR count). The minimum Gasteiger partial charge on any atom is -0.490 e. The number of nitrogens with one attached hydrogen (secondary N) is 2. The Labute approximate surface area is 164 Å². The number of rotatable bonds is 8. The second-order valence-corrected chi connectivity index (χ2v) is 6.27. The molecule has 0 aliphatic carbocycles. The van der Waals surface area contributed by atoms with Gasteiger partial charge in [-0.15, -0.1) is 0 Å². The van der Waals surface area contributed by atoms with Crippen LogP contribution in [0.5, 0.6) is 11.5 Å². The van der Waals surface area contributed by atoms with E-state index >= 15 is 0 Å². The number of benzene rings is 1. The number of hydrogen-bond acceptors (Lipinski definition) is 5. The highest BCUT2D eigenvalue weighted by atomic mass is 35.5. The number of halogens is 1. The van der Waals surface area contributed by atoms with E-state index in [0.29, 0.717) is 53.0 Å². The van der Waals surface area contributed by atoms with Crippen molar-refractivity contribution in [1.82, 2.24) is 10.6 Å². The van der Waals surface area contributed by atoms with Crippen LogP contribution < -0.4 is 20.1 Å². The van der Waals surface area contributed by atoms with Crippen LogP contribution in [0, 0.1) is 0 Å². The summed E-state index contributed by atoms with van der Waals surface area (Å²) in [6, 6.07) is 2.29. The van der Waals surface area contributed by atoms with Crippen LogP contribution >= 0.6 is 11.6 Å². The van der Waals surface area contributed by atoms with Crippen LogP contribution in [-0.4, -0.2) is 32.3 Å². The Kier molecular flexibility index (Phi) is 7.36. The number of urea groups is 1. The van der Waals surface area contributed by atoms with Gasteiger partial charge in [0.15, 0.2) is 11.5 Å². The zero-order chi connectivity index (χ0) is 20.0. The van der Waals surface area contributed by atoms with E-state index in [1.165, 1.54) is 7.11 Å². The van der Waals surface area contributed by atoms with Crippen LogP contribution in [0.1, 0.15) is 45.2 Å². The molecule has 1 heterocycles. The van der Waals surface area contributed by atoms with Crippen LogP contribution in [0.3, 0.4) is 0 Å². The van der Waals surface area contributed by atoms with Gasteiger partial charge in [-0.25, -0.2) is 9.59 Å². The van der Waals surface area contributed by atoms with Crippen molar-refractivity contribution in [2.24, 2.45) is 0 Å². The van der Waals surface area contributed by atoms with E-state index in [0.717, 1.165) is 6.42 Å². The van der Waals surface area contributed by atoms with Gasteiger partial charge >= 0.3 is 12.0 Å². The molecular weight excluding hydrogens is 372 g/mol. The molecule has 0 saturated carbocycles. The Morgan fingerprint density at radius 3 is 2.48 bits per heavy atom. The van der Waals surface area contributed by atoms with Crippen molar-refractivity contribution in [2.75, 3.05) is 20.3 Å². The lowest BCUT2D eigenvalue weighted by Gasteiger charge is -2.29. The van der Waals surface area contributed by atoms with E-state index in [1.807, 2.05) is 20.8 Å². The molecule has 0 aromatic heterocycles. The maximum atomic E-state index is 12.4. The minimum absolute atomic E-state index is 0.340. The molecule has 148 valence electrons. The first-order chi connectivity index (χ1) is 13.0. The number of methoxy groups -OCH3 is 1. The summed E-state index contributed by atoms with van der Waals surface area (Å²) in [4.78, 5) is 24.6. The predicted molar refractivity (Wildman–Crippen MR) is 102 cm³/mol. The zero-order valence-corrected chi connectivity index (χ0v) is 16.7. The van der Waals surface area contributed by atoms with Crippen molar-refractivity contribution in [2.45, 2.75) is 39.7 Å². The molecular formula is C19H25ClN2O5. The largest absolute Gasteiger partial charge is 0.490 e. The second-order valence-electron chi connectivity index (χ2n) is 5.86. The van der Waals surface area contributed by atoms with Gasteiger partial charge < -0.3 is 24.8 Å². The van der Waals surface area contributed by atoms with Crippen molar-refractivity contribution in [1.29, 1.82) is 0 Å². The first-order valence-electron chi connectivity index (χ1n) is 8.94. The lowest BCUT2D eigenvalue weighted by molar-refractivity contribution is -0.136. The van der Waals surface area contributed by atoms with Gasteiger partial charge in [-0.3, -0.25) is 0 Å². The first kappa shape index (κ1) is 20.9. The molecule has 7 nitrogen and oxygen atoms in total. The molecule has 1 unspecified atom stereocenters. The van der Waals surface area contributed by atoms with Crippen molar-refractivity contribution in [3.05, 3.63) is 34.0 Å². The van der Waals surface area contributed by atoms with Crippen LogP contribution in [0.2, 0.25) is 5.02 Å². The number of carbonyl (C=O) groups is 2. The maximum Gasteiger partial charge on any atom is 0.337 e. The van der Waals surface area contributed by atoms with Crippen molar-refractivity contribution in [3.63, 3.8) is 0 Å². The molecule has 0 fully saturated rings. The summed E-state index contributed by atoms with van der Waals surface area (Å²) in [5.74, 6) is 0.372. The van der Waals surface area contributed by atoms with Gasteiger partial charge in [-0.2, -0.15) is 0 Å². The Morgan fingerprint density at radius 2 is 1.89 bits per heavy atom. The molecule has 1 aliphatic heterocycles. The molecule has 1 aromatic rings. The summed E-state index contributed by atoms with van der Waals surface area (Å²) in [6.07, 6.45) is 1.30. The molecule has 1 aliphatic rings. The standard InChI is InChI=1S/C19H25ClN2O5/c1-5-8-13-15(18(23)25-4)16(22-19(24)21-13)11-9-12(20)17(27-7-3)14(10-11)26-6-2/h9-10,16H,5-8H2,1-4H3,(H2,21,22,24). The number of ether oxygens (including phenoxy) is 3. The quantitative estimate of drug-likeness (QED) is 0.654. The summed E-state index contributed by atoms with van der Waals surface area (Å²) in [7, 11) is 1.31. The summed E-state index contributed by atoms with van der Waals surface area (Å²) in [5.41, 5.74) is 1.50. The van der Waals surface area contributed by atoms with Crippen molar-refractivity contribution >= 4 is 23.6 Å². The third-order valence-corrected chi connectivity index (χ3v) is 4.29. The predicted octanol–water partition coefficient (Wildman–Crippen LogP) is 3.72. The van der Waals surface area contributed by atoms with Crippen LogP contribution in [0.4, 0.5) is 4.79 Å². The summed E-state index contributed by atoms with van der Waals surface area (Å²) in [6.45, 7) is 6.51. The molecule has 0 bridgehead atoms. The summed E-state index contributed by atoms with van der Waals surface area (Å²) < 4.78 is 16.2. The molecule has 0 radical (unpaired) electrons. The topological polar surface area (TPSA) is 85.9 Å². The van der Waals surface area contributed by atoms with Gasteiger partial charge in [0, 0.05) is 5.70 Å². The molecule has 1 aromatic carbocycles. The maximum absolute atomic E-state index is 12.4. The first-order valence-corrected chi connectivity index (χ1v) is 9.32. The summed E-state index contributed by atoms with van der Waals surface area (Å²) >= 11 is 6.40. The molecule has 0 spiro atoms. The monoisotopic (exact) mass is 396 g/mol. The van der Waals surface area contributed by atoms with E-state index in [4.69, 9.17) is 25.8 Å². The zero-order valence-electron chi connectivity index (χ0n) is 16.0. The van der Waals surface area contributed by atoms with Crippen molar-refractivity contribution < 1.29 is 23.8 Å². The van der Waals surface area contributed by atoms with Gasteiger partial charge in [0.2, 0.25) is 0 Å². The highest BCUT2D eigenvalue weighted by Crippen LogP contribution is 2.40. The molecule has 1 atom stereocenters. The Hall–Kier alpha value is -2.41. The van der Waals surface area contributed by atoms with E-state index in [-0.39, 0.29) is 6.03 Å². The summed E-state index contributed by atoms with van der Waals surface area (Å²) in [5, 5.41) is 5.82. The number of allylic oxidation sites excluding steroid dienone is 1. The second kappa shape index (κ2) is 9.50. The van der Waals surface area contributed by atoms with Gasteiger partial charge in [-0.1, -0.05) is 24.9 Å². The Balaban J connectivity index is 2.60. The smallest absolute Gasteiger partial charge is 0.337 e. The Bertz CT molecular complexity index is 748. The normalized spacial score (nSPS) is 16.5. The van der Waals surface area contributed by atoms with E-state index in [9.17, 15) is 9.59 Å². The molecule has 2 N–H and O–H groups in total. The van der Waals surface area contributed by atoms with E-state index < -0.39 is 12.0 Å². The fourth-order valence-electron chi connectivity index (χ4n) is 2.97.